The molecule has 1 aromatic carbocycles. The number of hydrogen-bond acceptors (Lipinski definition) is 11. The molecule has 2 N–H and O–H groups in total. The third-order valence-corrected chi connectivity index (χ3v) is 7.11. The number of rotatable bonds is 11. The Morgan fingerprint density at radius 2 is 1.93 bits per heavy atom. The lowest BCUT2D eigenvalue weighted by atomic mass is 10.0. The summed E-state index contributed by atoms with van der Waals surface area (Å²) in [5.41, 5.74) is 4.53. The van der Waals surface area contributed by atoms with Crippen LogP contribution in [0.15, 0.2) is 29.0 Å². The quantitative estimate of drug-likeness (QED) is 0.255. The minimum atomic E-state index is -2.63. The lowest BCUT2D eigenvalue weighted by Gasteiger charge is -2.22. The molecule has 0 spiro atoms. The van der Waals surface area contributed by atoms with E-state index < -0.39 is 19.1 Å². The van der Waals surface area contributed by atoms with Crippen LogP contribution in [0.1, 0.15) is 28.3 Å². The molecule has 42 heavy (non-hydrogen) atoms. The van der Waals surface area contributed by atoms with Crippen molar-refractivity contribution in [1.29, 1.82) is 0 Å². The molecule has 11 nitrogen and oxygen atoms in total. The van der Waals surface area contributed by atoms with Crippen molar-refractivity contribution in [3.63, 3.8) is 0 Å². The molecule has 0 aliphatic carbocycles. The van der Waals surface area contributed by atoms with Crippen LogP contribution >= 0.6 is 11.6 Å². The van der Waals surface area contributed by atoms with E-state index in [4.69, 9.17) is 35.6 Å². The number of aryl methyl sites for hydroxylation is 2. The molecule has 4 aromatic rings. The highest BCUT2D eigenvalue weighted by atomic mass is 35.5. The molecule has 0 saturated carbocycles. The standard InChI is InChI=1S/C28H30ClF2N7O4/c1-14-25(24-15(2)37-42-16(24)3)35-26(19-7-18(5-6-21(19)29)40-11-17(39)8-32-4)36-27(14)38-9-20-22(10-38)33-13-34-28(20)41-12-23(30)31/h5-7,13,17,23,32,39H,8-12H2,1-4H3/t17-/m1/s1. The fourth-order valence-corrected chi connectivity index (χ4v) is 5.02. The Morgan fingerprint density at radius 1 is 1.12 bits per heavy atom. The number of likely N-dealkylation sites (N-methyl/N-ethyl adjacent to an activating group) is 1. The van der Waals surface area contributed by atoms with Crippen LogP contribution < -0.4 is 19.7 Å². The lowest BCUT2D eigenvalue weighted by Crippen LogP contribution is -2.29. The first-order chi connectivity index (χ1) is 20.2. The third kappa shape index (κ3) is 6.13. The molecule has 1 atom stereocenters. The van der Waals surface area contributed by atoms with E-state index in [0.717, 1.165) is 11.1 Å². The van der Waals surface area contributed by atoms with Crippen LogP contribution in [0.2, 0.25) is 5.02 Å². The summed E-state index contributed by atoms with van der Waals surface area (Å²) in [6, 6.07) is 5.11. The van der Waals surface area contributed by atoms with Gasteiger partial charge in [-0.25, -0.2) is 28.7 Å². The Bertz CT molecular complexity index is 1570. The van der Waals surface area contributed by atoms with Crippen LogP contribution in [-0.2, 0) is 13.1 Å². The van der Waals surface area contributed by atoms with Crippen LogP contribution in [0.5, 0.6) is 11.6 Å². The van der Waals surface area contributed by atoms with Gasteiger partial charge >= 0.3 is 0 Å². The van der Waals surface area contributed by atoms with Crippen LogP contribution in [0, 0.1) is 20.8 Å². The third-order valence-electron chi connectivity index (χ3n) is 6.78. The zero-order valence-electron chi connectivity index (χ0n) is 23.5. The number of ether oxygens (including phenoxy) is 2. The molecule has 0 fully saturated rings. The number of nitrogens with zero attached hydrogens (tertiary/aromatic N) is 6. The summed E-state index contributed by atoms with van der Waals surface area (Å²) in [5, 5.41) is 17.5. The van der Waals surface area contributed by atoms with Crippen LogP contribution in [-0.4, -0.2) is 69.5 Å². The molecule has 0 saturated heterocycles. The highest BCUT2D eigenvalue weighted by Crippen LogP contribution is 2.39. The van der Waals surface area contributed by atoms with Gasteiger partial charge in [-0.15, -0.1) is 0 Å². The molecule has 3 aromatic heterocycles. The van der Waals surface area contributed by atoms with Crippen LogP contribution in [0.25, 0.3) is 22.6 Å². The van der Waals surface area contributed by atoms with Crippen LogP contribution in [0.4, 0.5) is 14.6 Å². The van der Waals surface area contributed by atoms with E-state index in [-0.39, 0.29) is 19.0 Å². The van der Waals surface area contributed by atoms with Crippen molar-refractivity contribution in [3.05, 3.63) is 57.8 Å². The maximum absolute atomic E-state index is 12.9. The molecule has 14 heteroatoms. The van der Waals surface area contributed by atoms with Gasteiger partial charge in [0.15, 0.2) is 12.4 Å². The largest absolute Gasteiger partial charge is 0.491 e. The number of hydrogen-bond donors (Lipinski definition) is 2. The number of anilines is 1. The first-order valence-corrected chi connectivity index (χ1v) is 13.6. The summed E-state index contributed by atoms with van der Waals surface area (Å²) in [6.45, 7) is 5.86. The van der Waals surface area contributed by atoms with Crippen molar-refractivity contribution in [2.75, 3.05) is 31.7 Å². The van der Waals surface area contributed by atoms with Gasteiger partial charge in [-0.2, -0.15) is 0 Å². The van der Waals surface area contributed by atoms with E-state index in [2.05, 4.69) is 20.4 Å². The highest BCUT2D eigenvalue weighted by Gasteiger charge is 2.30. The van der Waals surface area contributed by atoms with Gasteiger partial charge in [-0.05, 0) is 46.0 Å². The van der Waals surface area contributed by atoms with Crippen molar-refractivity contribution in [1.82, 2.24) is 30.4 Å². The summed E-state index contributed by atoms with van der Waals surface area (Å²) in [4.78, 5) is 20.2. The van der Waals surface area contributed by atoms with Crippen LogP contribution in [0.3, 0.4) is 0 Å². The van der Waals surface area contributed by atoms with E-state index in [1.807, 2.05) is 25.7 Å². The Balaban J connectivity index is 1.57. The van der Waals surface area contributed by atoms with Gasteiger partial charge in [0.25, 0.3) is 6.43 Å². The number of halogens is 3. The second kappa shape index (κ2) is 12.5. The molecule has 0 radical (unpaired) electrons. The van der Waals surface area contributed by atoms with Gasteiger partial charge in [-0.1, -0.05) is 16.8 Å². The Labute approximate surface area is 245 Å². The highest BCUT2D eigenvalue weighted by molar-refractivity contribution is 6.33. The smallest absolute Gasteiger partial charge is 0.272 e. The zero-order chi connectivity index (χ0) is 30.0. The van der Waals surface area contributed by atoms with Gasteiger partial charge < -0.3 is 29.3 Å². The molecule has 222 valence electrons. The second-order valence-electron chi connectivity index (χ2n) is 9.87. The van der Waals surface area contributed by atoms with E-state index in [1.165, 1.54) is 6.33 Å². The molecule has 0 bridgehead atoms. The number of aliphatic hydroxyl groups excluding tert-OH is 1. The molecule has 0 unspecified atom stereocenters. The van der Waals surface area contributed by atoms with Gasteiger partial charge in [0.05, 0.1) is 46.3 Å². The number of aliphatic hydroxyl groups is 1. The van der Waals surface area contributed by atoms with Gasteiger partial charge in [0, 0.05) is 17.7 Å². The maximum atomic E-state index is 12.9. The van der Waals surface area contributed by atoms with Gasteiger partial charge in [0.2, 0.25) is 5.88 Å². The summed E-state index contributed by atoms with van der Waals surface area (Å²) in [6.07, 6.45) is -2.03. The summed E-state index contributed by atoms with van der Waals surface area (Å²) < 4.78 is 42.2. The summed E-state index contributed by atoms with van der Waals surface area (Å²) in [5.74, 6) is 2.10. The maximum Gasteiger partial charge on any atom is 0.272 e. The van der Waals surface area contributed by atoms with Gasteiger partial charge in [0.1, 0.15) is 36.4 Å². The normalized spacial score (nSPS) is 13.5. The van der Waals surface area contributed by atoms with E-state index in [1.54, 1.807) is 25.2 Å². The predicted molar refractivity (Wildman–Crippen MR) is 151 cm³/mol. The first kappa shape index (κ1) is 29.5. The van der Waals surface area contributed by atoms with E-state index >= 15 is 0 Å². The second-order valence-corrected chi connectivity index (χ2v) is 10.3. The Hall–Kier alpha value is -3.94. The minimum Gasteiger partial charge on any atom is -0.491 e. The van der Waals surface area contributed by atoms with Crippen molar-refractivity contribution in [2.45, 2.75) is 46.4 Å². The number of nitrogens with one attached hydrogen (secondary N) is 1. The van der Waals surface area contributed by atoms with Crippen molar-refractivity contribution < 1.29 is 27.9 Å². The Kier molecular flexibility index (Phi) is 8.80. The summed E-state index contributed by atoms with van der Waals surface area (Å²) in [7, 11) is 1.75. The average molecular weight is 602 g/mol. The molecule has 5 rings (SSSR count). The average Bonchev–Trinajstić information content (AvgIpc) is 3.54. The Morgan fingerprint density at radius 3 is 2.64 bits per heavy atom. The van der Waals surface area contributed by atoms with Crippen molar-refractivity contribution in [3.8, 4) is 34.3 Å². The molecule has 1 aliphatic rings. The molecule has 4 heterocycles. The zero-order valence-corrected chi connectivity index (χ0v) is 24.2. The fourth-order valence-electron chi connectivity index (χ4n) is 4.82. The number of alkyl halides is 2. The number of aromatic nitrogens is 5. The first-order valence-electron chi connectivity index (χ1n) is 13.2. The number of fused-ring (bicyclic) bond motifs is 1. The van der Waals surface area contributed by atoms with Crippen molar-refractivity contribution >= 4 is 17.4 Å². The topological polar surface area (TPSA) is 132 Å². The fraction of sp³-hybridized carbons (Fsp3) is 0.393. The van der Waals surface area contributed by atoms with E-state index in [9.17, 15) is 13.9 Å². The lowest BCUT2D eigenvalue weighted by molar-refractivity contribution is 0.0790. The molecular formula is C28H30ClF2N7O4. The SMILES string of the molecule is CNC[C@@H](O)COc1ccc(Cl)c(-c2nc(-c3c(C)noc3C)c(C)c(N3Cc4ncnc(OCC(F)F)c4C3)n2)c1. The van der Waals surface area contributed by atoms with E-state index in [0.29, 0.717) is 69.5 Å². The molecular weight excluding hydrogens is 572 g/mol. The minimum absolute atomic E-state index is 0.0787. The predicted octanol–water partition coefficient (Wildman–Crippen LogP) is 4.29. The monoisotopic (exact) mass is 601 g/mol. The molecule has 1 aliphatic heterocycles. The molecule has 0 amide bonds. The summed E-state index contributed by atoms with van der Waals surface area (Å²) >= 11 is 6.65. The number of benzene rings is 1. The van der Waals surface area contributed by atoms with Crippen molar-refractivity contribution in [2.24, 2.45) is 0 Å². The van der Waals surface area contributed by atoms with Gasteiger partial charge in [-0.3, -0.25) is 0 Å².